The van der Waals surface area contributed by atoms with Gasteiger partial charge < -0.3 is 5.11 Å². The maximum Gasteiger partial charge on any atom is 0.155 e. The van der Waals surface area contributed by atoms with E-state index in [1.807, 2.05) is 12.2 Å². The molecule has 0 aromatic rings. The minimum atomic E-state index is -0.678. The molecule has 0 radical (unpaired) electrons. The van der Waals surface area contributed by atoms with Crippen LogP contribution in [0.4, 0.5) is 0 Å². The van der Waals surface area contributed by atoms with Crippen LogP contribution in [0.3, 0.4) is 0 Å². The second kappa shape index (κ2) is 4.81. The molecular formula is C21H30O2. The molecule has 126 valence electrons. The summed E-state index contributed by atoms with van der Waals surface area (Å²) in [5.74, 6) is 2.35. The highest BCUT2D eigenvalue weighted by Gasteiger charge is 2.62. The second-order valence-electron chi connectivity index (χ2n) is 9.09. The van der Waals surface area contributed by atoms with E-state index < -0.39 is 5.60 Å². The Morgan fingerprint density at radius 2 is 1.87 bits per heavy atom. The molecule has 4 aliphatic carbocycles. The van der Waals surface area contributed by atoms with Gasteiger partial charge in [-0.05, 0) is 74.2 Å². The highest BCUT2D eigenvalue weighted by atomic mass is 16.3. The summed E-state index contributed by atoms with van der Waals surface area (Å²) >= 11 is 0. The van der Waals surface area contributed by atoms with Crippen molar-refractivity contribution >= 4 is 5.78 Å². The molecule has 0 spiro atoms. The van der Waals surface area contributed by atoms with Gasteiger partial charge in [0.2, 0.25) is 0 Å². The molecule has 0 heterocycles. The van der Waals surface area contributed by atoms with Crippen molar-refractivity contribution in [3.8, 4) is 0 Å². The van der Waals surface area contributed by atoms with Crippen LogP contribution in [0.25, 0.3) is 0 Å². The largest absolute Gasteiger partial charge is 0.385 e. The predicted molar refractivity (Wildman–Crippen MR) is 91.9 cm³/mol. The normalized spacial score (nSPS) is 52.2. The number of rotatable bonds is 1. The predicted octanol–water partition coefficient (Wildman–Crippen LogP) is 4.44. The van der Waals surface area contributed by atoms with Gasteiger partial charge in [-0.15, -0.1) is 6.58 Å². The van der Waals surface area contributed by atoms with E-state index in [1.54, 1.807) is 0 Å². The fraction of sp³-hybridized carbons (Fsp3) is 0.762. The van der Waals surface area contributed by atoms with Crippen LogP contribution in [-0.2, 0) is 4.79 Å². The summed E-state index contributed by atoms with van der Waals surface area (Å²) in [5, 5.41) is 11.1. The average molecular weight is 314 g/mol. The minimum absolute atomic E-state index is 0.00200. The molecule has 4 aliphatic rings. The fourth-order valence-electron chi connectivity index (χ4n) is 6.95. The van der Waals surface area contributed by atoms with Gasteiger partial charge in [0.05, 0.1) is 5.60 Å². The Balaban J connectivity index is 1.70. The number of allylic oxidation sites excluding steroid dienone is 1. The molecule has 0 bridgehead atoms. The van der Waals surface area contributed by atoms with Gasteiger partial charge in [0.15, 0.2) is 5.78 Å². The Hall–Kier alpha value is -0.890. The lowest BCUT2D eigenvalue weighted by atomic mass is 9.46. The van der Waals surface area contributed by atoms with E-state index in [0.717, 1.165) is 38.5 Å². The van der Waals surface area contributed by atoms with Gasteiger partial charge in [0, 0.05) is 11.8 Å². The molecule has 3 saturated carbocycles. The van der Waals surface area contributed by atoms with Gasteiger partial charge in [0.25, 0.3) is 0 Å². The van der Waals surface area contributed by atoms with Gasteiger partial charge in [-0.1, -0.05) is 25.5 Å². The summed E-state index contributed by atoms with van der Waals surface area (Å²) in [7, 11) is 0. The Morgan fingerprint density at radius 3 is 2.61 bits per heavy atom. The molecule has 0 aliphatic heterocycles. The highest BCUT2D eigenvalue weighted by molar-refractivity contribution is 5.91. The number of ketones is 1. The molecule has 0 amide bonds. The maximum atomic E-state index is 11.9. The molecule has 0 aromatic carbocycles. The number of fused-ring (bicyclic) bond motifs is 5. The van der Waals surface area contributed by atoms with Crippen LogP contribution < -0.4 is 0 Å². The van der Waals surface area contributed by atoms with Crippen LogP contribution in [0.5, 0.6) is 0 Å². The van der Waals surface area contributed by atoms with Crippen molar-refractivity contribution in [1.82, 2.24) is 0 Å². The lowest BCUT2D eigenvalue weighted by molar-refractivity contribution is -0.120. The molecule has 2 nitrogen and oxygen atoms in total. The molecule has 0 unspecified atom stereocenters. The zero-order valence-corrected chi connectivity index (χ0v) is 14.6. The molecular weight excluding hydrogens is 284 g/mol. The van der Waals surface area contributed by atoms with Crippen LogP contribution in [0.15, 0.2) is 24.3 Å². The zero-order valence-electron chi connectivity index (χ0n) is 14.6. The van der Waals surface area contributed by atoms with E-state index >= 15 is 0 Å². The topological polar surface area (TPSA) is 37.3 Å². The Kier molecular flexibility index (Phi) is 3.27. The summed E-state index contributed by atoms with van der Waals surface area (Å²) in [6.45, 7) is 8.67. The monoisotopic (exact) mass is 314 g/mol. The summed E-state index contributed by atoms with van der Waals surface area (Å²) in [6, 6.07) is 0. The van der Waals surface area contributed by atoms with E-state index in [1.165, 1.54) is 18.4 Å². The summed E-state index contributed by atoms with van der Waals surface area (Å²) in [4.78, 5) is 11.9. The number of carbonyl (C=O) groups is 1. The smallest absolute Gasteiger partial charge is 0.155 e. The number of hydrogen-bond acceptors (Lipinski definition) is 2. The van der Waals surface area contributed by atoms with Crippen LogP contribution in [0.2, 0.25) is 0 Å². The van der Waals surface area contributed by atoms with Crippen molar-refractivity contribution in [3.05, 3.63) is 24.3 Å². The summed E-state index contributed by atoms with van der Waals surface area (Å²) in [6.07, 6.45) is 12.1. The third-order valence-electron chi connectivity index (χ3n) is 8.51. The summed E-state index contributed by atoms with van der Waals surface area (Å²) in [5.41, 5.74) is 0.975. The average Bonchev–Trinajstić information content (AvgIpc) is 2.80. The second-order valence-corrected chi connectivity index (χ2v) is 9.09. The van der Waals surface area contributed by atoms with Crippen molar-refractivity contribution in [3.63, 3.8) is 0 Å². The van der Waals surface area contributed by atoms with Crippen LogP contribution in [0.1, 0.15) is 65.2 Å². The van der Waals surface area contributed by atoms with Gasteiger partial charge in [-0.25, -0.2) is 0 Å². The SMILES string of the molecule is C=C[C@]1(O)CC[C@@H]2[C@H]3CCC4=CC(=O)CC[C@@]4(C)[C@@H]3CC[C@]21C. The lowest BCUT2D eigenvalue weighted by Gasteiger charge is -2.58. The molecule has 4 rings (SSSR count). The Morgan fingerprint density at radius 1 is 1.13 bits per heavy atom. The summed E-state index contributed by atoms with van der Waals surface area (Å²) < 4.78 is 0. The Bertz CT molecular complexity index is 591. The van der Waals surface area contributed by atoms with Gasteiger partial charge >= 0.3 is 0 Å². The molecule has 23 heavy (non-hydrogen) atoms. The van der Waals surface area contributed by atoms with Crippen molar-refractivity contribution in [2.24, 2.45) is 28.6 Å². The van der Waals surface area contributed by atoms with E-state index in [9.17, 15) is 9.90 Å². The van der Waals surface area contributed by atoms with E-state index in [-0.39, 0.29) is 10.8 Å². The molecule has 0 aromatic heterocycles. The number of hydrogen-bond donors (Lipinski definition) is 1. The fourth-order valence-corrected chi connectivity index (χ4v) is 6.95. The van der Waals surface area contributed by atoms with Crippen LogP contribution in [-0.4, -0.2) is 16.5 Å². The molecule has 0 saturated heterocycles. The Labute approximate surface area is 140 Å². The van der Waals surface area contributed by atoms with Gasteiger partial charge in [-0.3, -0.25) is 4.79 Å². The third-order valence-corrected chi connectivity index (χ3v) is 8.51. The van der Waals surface area contributed by atoms with Crippen LogP contribution >= 0.6 is 0 Å². The molecule has 1 N–H and O–H groups in total. The quantitative estimate of drug-likeness (QED) is 0.727. The first-order valence-electron chi connectivity index (χ1n) is 9.44. The minimum Gasteiger partial charge on any atom is -0.385 e. The van der Waals surface area contributed by atoms with Gasteiger partial charge in [-0.2, -0.15) is 0 Å². The number of carbonyl (C=O) groups excluding carboxylic acids is 1. The van der Waals surface area contributed by atoms with Crippen LogP contribution in [0, 0.1) is 28.6 Å². The first kappa shape index (κ1) is 15.6. The number of aliphatic hydroxyl groups is 1. The zero-order chi connectivity index (χ0) is 16.5. The third kappa shape index (κ3) is 1.88. The lowest BCUT2D eigenvalue weighted by Crippen LogP contribution is -2.54. The molecule has 6 atom stereocenters. The highest BCUT2D eigenvalue weighted by Crippen LogP contribution is 2.67. The van der Waals surface area contributed by atoms with E-state index in [4.69, 9.17) is 0 Å². The molecule has 3 fully saturated rings. The van der Waals surface area contributed by atoms with Crippen molar-refractivity contribution in [2.75, 3.05) is 0 Å². The maximum absolute atomic E-state index is 11.9. The molecule has 2 heteroatoms. The standard InChI is InChI=1S/C21H30O2/c1-4-21(23)12-9-18-16-6-5-14-13-15(22)7-10-19(14,2)17(16)8-11-20(18,21)3/h4,13,16-18,23H,1,5-12H2,2-3H3/t16-,17+,18+,19+,20+,21-/m0/s1. The van der Waals surface area contributed by atoms with Crippen molar-refractivity contribution < 1.29 is 9.90 Å². The first-order chi connectivity index (χ1) is 10.8. The van der Waals surface area contributed by atoms with E-state index in [0.29, 0.717) is 23.5 Å². The van der Waals surface area contributed by atoms with E-state index in [2.05, 4.69) is 20.4 Å². The van der Waals surface area contributed by atoms with Crippen molar-refractivity contribution in [1.29, 1.82) is 0 Å². The van der Waals surface area contributed by atoms with Gasteiger partial charge in [0.1, 0.15) is 0 Å². The first-order valence-corrected chi connectivity index (χ1v) is 9.44. The van der Waals surface area contributed by atoms with Crippen molar-refractivity contribution in [2.45, 2.75) is 70.8 Å².